The average molecular weight is 430 g/mol. The first-order valence-corrected chi connectivity index (χ1v) is 12.2. The second-order valence-corrected chi connectivity index (χ2v) is 9.62. The molecule has 0 spiro atoms. The first kappa shape index (κ1) is 21.9. The topological polar surface area (TPSA) is 48.4 Å². The van der Waals surface area contributed by atoms with Crippen LogP contribution in [0.15, 0.2) is 24.3 Å². The highest BCUT2D eigenvalue weighted by Crippen LogP contribution is 2.37. The molecule has 4 rings (SSSR count). The predicted molar refractivity (Wildman–Crippen MR) is 126 cm³/mol. The number of rotatable bonds is 9. The summed E-state index contributed by atoms with van der Waals surface area (Å²) in [4.78, 5) is 7.38. The number of benzene rings is 1. The van der Waals surface area contributed by atoms with Crippen LogP contribution in [0.25, 0.3) is 10.9 Å². The van der Waals surface area contributed by atoms with E-state index in [2.05, 4.69) is 29.3 Å². The van der Waals surface area contributed by atoms with Crippen molar-refractivity contribution >= 4 is 28.2 Å². The summed E-state index contributed by atoms with van der Waals surface area (Å²) < 4.78 is 0. The molecule has 2 unspecified atom stereocenters. The number of aliphatic hydroxyl groups is 1. The van der Waals surface area contributed by atoms with E-state index in [1.807, 2.05) is 12.1 Å². The van der Waals surface area contributed by atoms with Crippen LogP contribution >= 0.6 is 11.6 Å². The molecule has 2 aromatic rings. The first-order chi connectivity index (χ1) is 14.7. The number of anilines is 1. The highest BCUT2D eigenvalue weighted by molar-refractivity contribution is 6.31. The number of hydrogen-bond donors (Lipinski definition) is 2. The van der Waals surface area contributed by atoms with Gasteiger partial charge in [0.1, 0.15) is 0 Å². The zero-order chi connectivity index (χ0) is 20.9. The van der Waals surface area contributed by atoms with Crippen molar-refractivity contribution in [2.75, 3.05) is 38.1 Å². The highest BCUT2D eigenvalue weighted by Gasteiger charge is 2.28. The summed E-state index contributed by atoms with van der Waals surface area (Å²) in [6.07, 6.45) is 9.03. The lowest BCUT2D eigenvalue weighted by molar-refractivity contribution is 0.170. The summed E-state index contributed by atoms with van der Waals surface area (Å²) >= 11 is 6.29. The minimum atomic E-state index is 0.249. The lowest BCUT2D eigenvalue weighted by Gasteiger charge is -2.28. The summed E-state index contributed by atoms with van der Waals surface area (Å²) in [5, 5.41) is 15.1. The zero-order valence-corrected chi connectivity index (χ0v) is 19.0. The SMILES string of the molecule is CCN(CCO)CC1CCCC1CNc1cc(C2CCCC2)nc2cc(Cl)ccc12. The number of aliphatic hydroxyl groups excluding tert-OH is 1. The van der Waals surface area contributed by atoms with E-state index in [0.29, 0.717) is 17.8 Å². The van der Waals surface area contributed by atoms with Gasteiger partial charge in [-0.1, -0.05) is 37.8 Å². The maximum Gasteiger partial charge on any atom is 0.0741 e. The van der Waals surface area contributed by atoms with Gasteiger partial charge in [-0.25, -0.2) is 0 Å². The lowest BCUT2D eigenvalue weighted by atomic mass is 9.95. The van der Waals surface area contributed by atoms with Crippen molar-refractivity contribution in [2.24, 2.45) is 11.8 Å². The largest absolute Gasteiger partial charge is 0.395 e. The van der Waals surface area contributed by atoms with E-state index in [9.17, 15) is 5.11 Å². The quantitative estimate of drug-likeness (QED) is 0.537. The molecule has 2 saturated carbocycles. The summed E-state index contributed by atoms with van der Waals surface area (Å²) in [6, 6.07) is 8.39. The molecule has 2 atom stereocenters. The Morgan fingerprint density at radius 1 is 1.10 bits per heavy atom. The second kappa shape index (κ2) is 10.3. The summed E-state index contributed by atoms with van der Waals surface area (Å²) in [5.41, 5.74) is 3.46. The molecule has 164 valence electrons. The van der Waals surface area contributed by atoms with Gasteiger partial charge in [-0.05, 0) is 68.3 Å². The molecule has 5 heteroatoms. The lowest BCUT2D eigenvalue weighted by Crippen LogP contribution is -2.34. The van der Waals surface area contributed by atoms with E-state index in [-0.39, 0.29) is 6.61 Å². The van der Waals surface area contributed by atoms with Gasteiger partial charge >= 0.3 is 0 Å². The minimum Gasteiger partial charge on any atom is -0.395 e. The molecular formula is C25H36ClN3O. The maximum atomic E-state index is 9.33. The van der Waals surface area contributed by atoms with Crippen molar-refractivity contribution in [2.45, 2.75) is 57.8 Å². The molecule has 1 aromatic heterocycles. The summed E-state index contributed by atoms with van der Waals surface area (Å²) in [5.74, 6) is 1.98. The fourth-order valence-corrected chi connectivity index (χ4v) is 5.68. The van der Waals surface area contributed by atoms with Gasteiger partial charge in [0, 0.05) is 47.3 Å². The normalized spacial score (nSPS) is 22.4. The fraction of sp³-hybridized carbons (Fsp3) is 0.640. The Hall–Kier alpha value is -1.36. The van der Waals surface area contributed by atoms with E-state index in [4.69, 9.17) is 16.6 Å². The van der Waals surface area contributed by atoms with Crippen LogP contribution in [0.2, 0.25) is 5.02 Å². The van der Waals surface area contributed by atoms with Crippen LogP contribution in [-0.2, 0) is 0 Å². The van der Waals surface area contributed by atoms with Gasteiger partial charge in [-0.2, -0.15) is 0 Å². The standard InChI is InChI=1S/C25H36ClN3O/c1-2-29(12-13-30)17-20-9-5-8-19(20)16-27-24-15-23(18-6-3-4-7-18)28-25-14-21(26)10-11-22(24)25/h10-11,14-15,18-20,30H,2-9,12-13,16-17H2,1H3,(H,27,28). The van der Waals surface area contributed by atoms with Crippen molar-refractivity contribution in [1.29, 1.82) is 0 Å². The summed E-state index contributed by atoms with van der Waals surface area (Å²) in [6.45, 7) is 6.34. The Morgan fingerprint density at radius 2 is 1.90 bits per heavy atom. The van der Waals surface area contributed by atoms with Gasteiger partial charge in [0.2, 0.25) is 0 Å². The van der Waals surface area contributed by atoms with Crippen molar-refractivity contribution in [1.82, 2.24) is 9.88 Å². The van der Waals surface area contributed by atoms with Crippen LogP contribution in [0, 0.1) is 11.8 Å². The van der Waals surface area contributed by atoms with Gasteiger partial charge in [-0.15, -0.1) is 0 Å². The fourth-order valence-electron chi connectivity index (χ4n) is 5.51. The predicted octanol–water partition coefficient (Wildman–Crippen LogP) is 5.69. The van der Waals surface area contributed by atoms with Gasteiger partial charge < -0.3 is 15.3 Å². The monoisotopic (exact) mass is 429 g/mol. The number of halogens is 1. The van der Waals surface area contributed by atoms with Crippen LogP contribution in [0.5, 0.6) is 0 Å². The van der Waals surface area contributed by atoms with Crippen LogP contribution in [-0.4, -0.2) is 47.8 Å². The third-order valence-corrected chi connectivity index (χ3v) is 7.53. The minimum absolute atomic E-state index is 0.249. The number of aromatic nitrogens is 1. The number of likely N-dealkylation sites (N-methyl/N-ethyl adjacent to an activating group) is 1. The summed E-state index contributed by atoms with van der Waals surface area (Å²) in [7, 11) is 0. The third kappa shape index (κ3) is 5.09. The van der Waals surface area contributed by atoms with E-state index in [1.165, 1.54) is 61.7 Å². The van der Waals surface area contributed by atoms with Crippen molar-refractivity contribution in [3.05, 3.63) is 35.0 Å². The smallest absolute Gasteiger partial charge is 0.0741 e. The Labute approximate surface area is 186 Å². The van der Waals surface area contributed by atoms with E-state index in [1.54, 1.807) is 0 Å². The molecule has 2 N–H and O–H groups in total. The molecule has 1 aromatic carbocycles. The van der Waals surface area contributed by atoms with Crippen LogP contribution < -0.4 is 5.32 Å². The van der Waals surface area contributed by atoms with Gasteiger partial charge in [-0.3, -0.25) is 4.98 Å². The number of fused-ring (bicyclic) bond motifs is 1. The molecule has 0 aliphatic heterocycles. The van der Waals surface area contributed by atoms with Gasteiger partial charge in [0.05, 0.1) is 12.1 Å². The van der Waals surface area contributed by atoms with E-state index in [0.717, 1.165) is 36.7 Å². The molecule has 2 fully saturated rings. The molecule has 0 amide bonds. The molecule has 0 radical (unpaired) electrons. The number of hydrogen-bond acceptors (Lipinski definition) is 4. The molecule has 2 aliphatic rings. The Kier molecular flexibility index (Phi) is 7.50. The van der Waals surface area contributed by atoms with Crippen molar-refractivity contribution < 1.29 is 5.11 Å². The van der Waals surface area contributed by atoms with Crippen molar-refractivity contribution in [3.63, 3.8) is 0 Å². The van der Waals surface area contributed by atoms with Crippen LogP contribution in [0.1, 0.15) is 63.5 Å². The molecule has 1 heterocycles. The van der Waals surface area contributed by atoms with Gasteiger partial charge in [0.15, 0.2) is 0 Å². The second-order valence-electron chi connectivity index (χ2n) is 9.19. The Bertz CT molecular complexity index is 836. The molecule has 0 bridgehead atoms. The average Bonchev–Trinajstić information content (AvgIpc) is 3.43. The van der Waals surface area contributed by atoms with Crippen LogP contribution in [0.4, 0.5) is 5.69 Å². The molecular weight excluding hydrogens is 394 g/mol. The maximum absolute atomic E-state index is 9.33. The highest BCUT2D eigenvalue weighted by atomic mass is 35.5. The van der Waals surface area contributed by atoms with E-state index < -0.39 is 0 Å². The number of nitrogens with one attached hydrogen (secondary N) is 1. The van der Waals surface area contributed by atoms with E-state index >= 15 is 0 Å². The number of pyridine rings is 1. The third-order valence-electron chi connectivity index (χ3n) is 7.29. The van der Waals surface area contributed by atoms with Gasteiger partial charge in [0.25, 0.3) is 0 Å². The Morgan fingerprint density at radius 3 is 2.67 bits per heavy atom. The van der Waals surface area contributed by atoms with Crippen molar-refractivity contribution in [3.8, 4) is 0 Å². The first-order valence-electron chi connectivity index (χ1n) is 11.8. The molecule has 2 aliphatic carbocycles. The van der Waals surface area contributed by atoms with Crippen LogP contribution in [0.3, 0.4) is 0 Å². The molecule has 4 nitrogen and oxygen atoms in total. The zero-order valence-electron chi connectivity index (χ0n) is 18.2. The molecule has 30 heavy (non-hydrogen) atoms. The molecule has 0 saturated heterocycles. The number of nitrogens with zero attached hydrogens (tertiary/aromatic N) is 2. The Balaban J connectivity index is 1.51.